The zero-order valence-corrected chi connectivity index (χ0v) is 22.0. The second kappa shape index (κ2) is 13.4. The maximum absolute atomic E-state index is 13.1. The van der Waals surface area contributed by atoms with Crippen LogP contribution in [0, 0.1) is 0 Å². The molecular weight excluding hydrogens is 466 g/mol. The molecule has 0 aliphatic carbocycles. The molecule has 0 saturated heterocycles. The molecule has 3 aromatic rings. The summed E-state index contributed by atoms with van der Waals surface area (Å²) in [6, 6.07) is 21.6. The van der Waals surface area contributed by atoms with Gasteiger partial charge in [0.25, 0.3) is 0 Å². The number of hydrogen-bond donors (Lipinski definition) is 2. The first-order valence-electron chi connectivity index (χ1n) is 12.8. The van der Waals surface area contributed by atoms with Crippen LogP contribution in [0.15, 0.2) is 66.7 Å². The molecule has 3 rings (SSSR count). The van der Waals surface area contributed by atoms with Gasteiger partial charge in [0.2, 0.25) is 0 Å². The highest BCUT2D eigenvalue weighted by molar-refractivity contribution is 5.85. The SMILES string of the molecule is CC(C)(C)OC(=O)NCCCCN(Cc1ccc(C=O)cc1)C(=O)NCCc1cccc2ccccc12. The number of hydrogen-bond acceptors (Lipinski definition) is 4. The molecule has 0 unspecified atom stereocenters. The lowest BCUT2D eigenvalue weighted by atomic mass is 10.0. The molecule has 0 aliphatic heterocycles. The fourth-order valence-corrected chi connectivity index (χ4v) is 4.03. The van der Waals surface area contributed by atoms with Gasteiger partial charge in [0.05, 0.1) is 0 Å². The molecule has 3 aromatic carbocycles. The van der Waals surface area contributed by atoms with Crippen molar-refractivity contribution in [3.05, 3.63) is 83.4 Å². The van der Waals surface area contributed by atoms with Gasteiger partial charge in [-0.1, -0.05) is 66.7 Å². The maximum Gasteiger partial charge on any atom is 0.407 e. The Labute approximate surface area is 219 Å². The zero-order chi connectivity index (χ0) is 26.7. The third-order valence-electron chi connectivity index (χ3n) is 5.85. The van der Waals surface area contributed by atoms with E-state index in [0.29, 0.717) is 38.2 Å². The number of ether oxygens (including phenoxy) is 1. The Morgan fingerprint density at radius 3 is 2.35 bits per heavy atom. The van der Waals surface area contributed by atoms with Gasteiger partial charge >= 0.3 is 12.1 Å². The molecule has 0 radical (unpaired) electrons. The summed E-state index contributed by atoms with van der Waals surface area (Å²) in [5, 5.41) is 8.21. The summed E-state index contributed by atoms with van der Waals surface area (Å²) in [4.78, 5) is 37.7. The number of unbranched alkanes of at least 4 members (excludes halogenated alkanes) is 1. The Kier molecular flexibility index (Phi) is 10.1. The summed E-state index contributed by atoms with van der Waals surface area (Å²) in [5.41, 5.74) is 2.21. The summed E-state index contributed by atoms with van der Waals surface area (Å²) < 4.78 is 5.26. The van der Waals surface area contributed by atoms with Gasteiger partial charge in [0.1, 0.15) is 11.9 Å². The number of benzene rings is 3. The Balaban J connectivity index is 1.55. The van der Waals surface area contributed by atoms with Crippen molar-refractivity contribution < 1.29 is 19.1 Å². The van der Waals surface area contributed by atoms with Gasteiger partial charge in [-0.15, -0.1) is 0 Å². The summed E-state index contributed by atoms with van der Waals surface area (Å²) in [5.74, 6) is 0. The topological polar surface area (TPSA) is 87.7 Å². The fraction of sp³-hybridized carbons (Fsp3) is 0.367. The van der Waals surface area contributed by atoms with Gasteiger partial charge in [0.15, 0.2) is 0 Å². The van der Waals surface area contributed by atoms with E-state index in [1.807, 2.05) is 51.1 Å². The van der Waals surface area contributed by atoms with E-state index in [1.54, 1.807) is 17.0 Å². The van der Waals surface area contributed by atoms with Crippen molar-refractivity contribution >= 4 is 29.2 Å². The first kappa shape index (κ1) is 27.7. The molecule has 7 nitrogen and oxygen atoms in total. The van der Waals surface area contributed by atoms with Crippen molar-refractivity contribution in [1.29, 1.82) is 0 Å². The molecule has 0 spiro atoms. The molecule has 37 heavy (non-hydrogen) atoms. The van der Waals surface area contributed by atoms with Crippen LogP contribution in [0.4, 0.5) is 9.59 Å². The third-order valence-corrected chi connectivity index (χ3v) is 5.85. The van der Waals surface area contributed by atoms with E-state index in [2.05, 4.69) is 34.9 Å². The van der Waals surface area contributed by atoms with Crippen LogP contribution in [0.5, 0.6) is 0 Å². The van der Waals surface area contributed by atoms with Gasteiger partial charge in [-0.05, 0) is 61.9 Å². The molecule has 3 amide bonds. The van der Waals surface area contributed by atoms with E-state index in [0.717, 1.165) is 24.7 Å². The average Bonchev–Trinajstić information content (AvgIpc) is 2.87. The van der Waals surface area contributed by atoms with Crippen LogP contribution in [-0.2, 0) is 17.7 Å². The van der Waals surface area contributed by atoms with Crippen LogP contribution in [0.3, 0.4) is 0 Å². The number of fused-ring (bicyclic) bond motifs is 1. The molecule has 0 fully saturated rings. The third kappa shape index (κ3) is 9.26. The second-order valence-corrected chi connectivity index (χ2v) is 10.0. The molecule has 196 valence electrons. The van der Waals surface area contributed by atoms with Gasteiger partial charge in [0, 0.05) is 31.7 Å². The first-order valence-corrected chi connectivity index (χ1v) is 12.8. The van der Waals surface area contributed by atoms with Crippen LogP contribution < -0.4 is 10.6 Å². The van der Waals surface area contributed by atoms with Gasteiger partial charge < -0.3 is 20.3 Å². The standard InChI is InChI=1S/C30H37N3O4/c1-30(2,3)37-29(36)32-18-6-7-20-33(21-23-13-15-24(22-34)16-14-23)28(35)31-19-17-26-11-8-10-25-9-4-5-12-27(25)26/h4-5,8-16,22H,6-7,17-21H2,1-3H3,(H,31,35)(H,32,36). The molecule has 0 aliphatic rings. The number of alkyl carbamates (subject to hydrolysis) is 1. The predicted octanol–water partition coefficient (Wildman–Crippen LogP) is 5.71. The van der Waals surface area contributed by atoms with Gasteiger partial charge in [-0.25, -0.2) is 9.59 Å². The lowest BCUT2D eigenvalue weighted by Crippen LogP contribution is -2.41. The number of nitrogens with zero attached hydrogens (tertiary/aromatic N) is 1. The molecule has 2 N–H and O–H groups in total. The van der Waals surface area contributed by atoms with Crippen molar-refractivity contribution in [3.63, 3.8) is 0 Å². The van der Waals surface area contributed by atoms with Gasteiger partial charge in [-0.2, -0.15) is 0 Å². The fourth-order valence-electron chi connectivity index (χ4n) is 4.03. The number of nitrogens with one attached hydrogen (secondary N) is 2. The molecule has 0 saturated carbocycles. The number of carbonyl (C=O) groups is 3. The van der Waals surface area contributed by atoms with Crippen molar-refractivity contribution in [1.82, 2.24) is 15.5 Å². The van der Waals surface area contributed by atoms with E-state index < -0.39 is 11.7 Å². The van der Waals surface area contributed by atoms with E-state index in [4.69, 9.17) is 4.74 Å². The Bertz CT molecular complexity index is 1180. The lowest BCUT2D eigenvalue weighted by Gasteiger charge is -2.24. The minimum Gasteiger partial charge on any atom is -0.444 e. The summed E-state index contributed by atoms with van der Waals surface area (Å²) >= 11 is 0. The van der Waals surface area contributed by atoms with E-state index in [-0.39, 0.29) is 6.03 Å². The van der Waals surface area contributed by atoms with Crippen molar-refractivity contribution in [2.24, 2.45) is 0 Å². The number of aldehydes is 1. The molecule has 7 heteroatoms. The van der Waals surface area contributed by atoms with Gasteiger partial charge in [-0.3, -0.25) is 4.79 Å². The first-order chi connectivity index (χ1) is 17.7. The molecule has 0 aromatic heterocycles. The predicted molar refractivity (Wildman–Crippen MR) is 147 cm³/mol. The highest BCUT2D eigenvalue weighted by atomic mass is 16.6. The lowest BCUT2D eigenvalue weighted by molar-refractivity contribution is 0.0526. The number of amides is 3. The van der Waals surface area contributed by atoms with Crippen LogP contribution in [0.25, 0.3) is 10.8 Å². The van der Waals surface area contributed by atoms with Crippen molar-refractivity contribution in [3.8, 4) is 0 Å². The van der Waals surface area contributed by atoms with Crippen LogP contribution in [-0.4, -0.2) is 48.5 Å². The number of urea groups is 1. The Hall–Kier alpha value is -3.87. The minimum absolute atomic E-state index is 0.139. The highest BCUT2D eigenvalue weighted by Crippen LogP contribution is 2.18. The molecule has 0 heterocycles. The Morgan fingerprint density at radius 2 is 1.62 bits per heavy atom. The van der Waals surface area contributed by atoms with E-state index >= 15 is 0 Å². The molecule has 0 atom stereocenters. The quantitative estimate of drug-likeness (QED) is 0.259. The smallest absolute Gasteiger partial charge is 0.407 e. The molecular formula is C30H37N3O4. The maximum atomic E-state index is 13.1. The Morgan fingerprint density at radius 1 is 0.892 bits per heavy atom. The summed E-state index contributed by atoms with van der Waals surface area (Å²) in [6.07, 6.45) is 2.53. The zero-order valence-electron chi connectivity index (χ0n) is 22.0. The van der Waals surface area contributed by atoms with Crippen LogP contribution >= 0.6 is 0 Å². The highest BCUT2D eigenvalue weighted by Gasteiger charge is 2.16. The van der Waals surface area contributed by atoms with Crippen molar-refractivity contribution in [2.45, 2.75) is 52.2 Å². The summed E-state index contributed by atoms with van der Waals surface area (Å²) in [7, 11) is 0. The van der Waals surface area contributed by atoms with Crippen LogP contribution in [0.1, 0.15) is 55.1 Å². The largest absolute Gasteiger partial charge is 0.444 e. The van der Waals surface area contributed by atoms with Crippen molar-refractivity contribution in [2.75, 3.05) is 19.6 Å². The number of carbonyl (C=O) groups excluding carboxylic acids is 3. The summed E-state index contributed by atoms with van der Waals surface area (Å²) in [6.45, 7) is 7.43. The monoisotopic (exact) mass is 503 g/mol. The minimum atomic E-state index is -0.537. The van der Waals surface area contributed by atoms with Crippen LogP contribution in [0.2, 0.25) is 0 Å². The number of rotatable bonds is 11. The molecule has 0 bridgehead atoms. The second-order valence-electron chi connectivity index (χ2n) is 10.0. The normalized spacial score (nSPS) is 11.1. The van der Waals surface area contributed by atoms with E-state index in [9.17, 15) is 14.4 Å². The average molecular weight is 504 g/mol. The van der Waals surface area contributed by atoms with E-state index in [1.165, 1.54) is 16.3 Å².